The molecular weight excluding hydrogens is 491 g/mol. The smallest absolute Gasteiger partial charge is 0.383 e. The zero-order valence-corrected chi connectivity index (χ0v) is 20.9. The lowest BCUT2D eigenvalue weighted by molar-refractivity contribution is -0.137. The minimum Gasteiger partial charge on any atom is -0.383 e. The summed E-state index contributed by atoms with van der Waals surface area (Å²) in [6, 6.07) is 17.1. The van der Waals surface area contributed by atoms with E-state index in [4.69, 9.17) is 4.74 Å². The number of nitrogens with zero attached hydrogens (tertiary/aromatic N) is 2. The first-order chi connectivity index (χ1) is 17.2. The summed E-state index contributed by atoms with van der Waals surface area (Å²) in [5, 5.41) is 2.57. The number of halogens is 3. The summed E-state index contributed by atoms with van der Waals surface area (Å²) in [4.78, 5) is 31.5. The van der Waals surface area contributed by atoms with E-state index in [2.05, 4.69) is 5.32 Å². The molecule has 1 N–H and O–H groups in total. The molecule has 0 aliphatic rings. The van der Waals surface area contributed by atoms with Gasteiger partial charge in [0.25, 0.3) is 0 Å². The predicted molar refractivity (Wildman–Crippen MR) is 134 cm³/mol. The van der Waals surface area contributed by atoms with Gasteiger partial charge in [0.1, 0.15) is 6.54 Å². The maximum Gasteiger partial charge on any atom is 0.416 e. The SMILES string of the molecule is COCCN(CC(=O)N(Cc1ccccc1)Cc1ccc(C)s1)C(=O)Nc1ccc(C(F)(F)F)cc1. The minimum atomic E-state index is -4.47. The van der Waals surface area contributed by atoms with Gasteiger partial charge in [-0.2, -0.15) is 13.2 Å². The fraction of sp³-hybridized carbons (Fsp3) is 0.308. The molecular formula is C26H28F3N3O3S. The number of carbonyl (C=O) groups excluding carboxylic acids is 2. The van der Waals surface area contributed by atoms with E-state index < -0.39 is 17.8 Å². The molecule has 0 unspecified atom stereocenters. The standard InChI is InChI=1S/C26H28F3N3O3S/c1-19-8-13-23(36-19)17-32(16-20-6-4-3-5-7-20)24(33)18-31(14-15-35-2)25(34)30-22-11-9-21(10-12-22)26(27,28)29/h3-13H,14-18H2,1-2H3,(H,30,34). The van der Waals surface area contributed by atoms with Gasteiger partial charge >= 0.3 is 12.2 Å². The van der Waals surface area contributed by atoms with Crippen LogP contribution in [0.5, 0.6) is 0 Å². The average Bonchev–Trinajstić information content (AvgIpc) is 3.26. The van der Waals surface area contributed by atoms with Gasteiger partial charge < -0.3 is 19.9 Å². The predicted octanol–water partition coefficient (Wildman–Crippen LogP) is 5.78. The van der Waals surface area contributed by atoms with Crippen molar-refractivity contribution in [1.29, 1.82) is 0 Å². The van der Waals surface area contributed by atoms with Crippen molar-refractivity contribution in [3.05, 3.63) is 87.6 Å². The zero-order chi connectivity index (χ0) is 26.1. The highest BCUT2D eigenvalue weighted by atomic mass is 32.1. The summed E-state index contributed by atoms with van der Waals surface area (Å²) < 4.78 is 43.6. The Kier molecular flexibility index (Phi) is 9.49. The molecule has 3 amide bonds. The largest absolute Gasteiger partial charge is 0.416 e. The van der Waals surface area contributed by atoms with Crippen molar-refractivity contribution in [1.82, 2.24) is 9.80 Å². The first-order valence-corrected chi connectivity index (χ1v) is 12.1. The van der Waals surface area contributed by atoms with Crippen LogP contribution in [0.25, 0.3) is 0 Å². The molecule has 0 saturated carbocycles. The number of benzene rings is 2. The number of hydrogen-bond acceptors (Lipinski definition) is 4. The lowest BCUT2D eigenvalue weighted by Crippen LogP contribution is -2.45. The van der Waals surface area contributed by atoms with Gasteiger partial charge in [-0.25, -0.2) is 4.79 Å². The number of rotatable bonds is 10. The average molecular weight is 520 g/mol. The number of thiophene rings is 1. The Labute approximate surface area is 212 Å². The van der Waals surface area contributed by atoms with Gasteiger partial charge in [-0.3, -0.25) is 4.79 Å². The lowest BCUT2D eigenvalue weighted by Gasteiger charge is -2.27. The molecule has 192 valence electrons. The van der Waals surface area contributed by atoms with Crippen LogP contribution in [0.1, 0.15) is 20.9 Å². The number of nitrogens with one attached hydrogen (secondary N) is 1. The second kappa shape index (κ2) is 12.5. The zero-order valence-electron chi connectivity index (χ0n) is 20.0. The molecule has 0 spiro atoms. The molecule has 0 atom stereocenters. The molecule has 0 aliphatic carbocycles. The van der Waals surface area contributed by atoms with Crippen molar-refractivity contribution >= 4 is 29.0 Å². The van der Waals surface area contributed by atoms with Gasteiger partial charge in [-0.05, 0) is 48.9 Å². The minimum absolute atomic E-state index is 0.131. The number of urea groups is 1. The number of methoxy groups -OCH3 is 1. The van der Waals surface area contributed by atoms with Crippen molar-refractivity contribution < 1.29 is 27.5 Å². The third kappa shape index (κ3) is 8.10. The highest BCUT2D eigenvalue weighted by molar-refractivity contribution is 7.11. The van der Waals surface area contributed by atoms with Crippen LogP contribution in [-0.4, -0.2) is 48.5 Å². The third-order valence-corrected chi connectivity index (χ3v) is 6.34. The van der Waals surface area contributed by atoms with Crippen molar-refractivity contribution in [2.24, 2.45) is 0 Å². The Balaban J connectivity index is 1.74. The summed E-state index contributed by atoms with van der Waals surface area (Å²) in [7, 11) is 1.48. The van der Waals surface area contributed by atoms with Crippen molar-refractivity contribution in [3.63, 3.8) is 0 Å². The van der Waals surface area contributed by atoms with Crippen molar-refractivity contribution in [3.8, 4) is 0 Å². The molecule has 36 heavy (non-hydrogen) atoms. The Morgan fingerprint density at radius 1 is 0.944 bits per heavy atom. The number of anilines is 1. The molecule has 1 heterocycles. The van der Waals surface area contributed by atoms with E-state index >= 15 is 0 Å². The number of ether oxygens (including phenoxy) is 1. The van der Waals surface area contributed by atoms with Gasteiger partial charge in [-0.1, -0.05) is 30.3 Å². The fourth-order valence-electron chi connectivity index (χ4n) is 3.46. The Bertz CT molecular complexity index is 1130. The van der Waals surface area contributed by atoms with E-state index in [9.17, 15) is 22.8 Å². The van der Waals surface area contributed by atoms with E-state index in [1.54, 1.807) is 16.2 Å². The van der Waals surface area contributed by atoms with Gasteiger partial charge in [0.15, 0.2) is 0 Å². The normalized spacial score (nSPS) is 11.2. The van der Waals surface area contributed by atoms with E-state index in [1.165, 1.54) is 24.1 Å². The quantitative estimate of drug-likeness (QED) is 0.369. The summed E-state index contributed by atoms with van der Waals surface area (Å²) in [6.45, 7) is 2.87. The topological polar surface area (TPSA) is 61.9 Å². The summed E-state index contributed by atoms with van der Waals surface area (Å²) >= 11 is 1.60. The maximum atomic E-state index is 13.4. The molecule has 0 saturated heterocycles. The van der Waals surface area contributed by atoms with E-state index in [0.29, 0.717) is 13.1 Å². The van der Waals surface area contributed by atoms with Crippen molar-refractivity contribution in [2.75, 3.05) is 32.1 Å². The Morgan fingerprint density at radius 3 is 2.22 bits per heavy atom. The van der Waals surface area contributed by atoms with Crippen LogP contribution in [0.2, 0.25) is 0 Å². The summed E-state index contributed by atoms with van der Waals surface area (Å²) in [5.74, 6) is -0.261. The lowest BCUT2D eigenvalue weighted by atomic mass is 10.2. The molecule has 2 aromatic carbocycles. The van der Waals surface area contributed by atoms with E-state index in [1.807, 2.05) is 49.4 Å². The second-order valence-corrected chi connectivity index (χ2v) is 9.54. The number of amides is 3. The maximum absolute atomic E-state index is 13.4. The molecule has 0 radical (unpaired) electrons. The molecule has 0 fully saturated rings. The number of alkyl halides is 3. The number of carbonyl (C=O) groups is 2. The molecule has 3 rings (SSSR count). The van der Waals surface area contributed by atoms with Crippen LogP contribution in [0, 0.1) is 6.92 Å². The molecule has 3 aromatic rings. The Morgan fingerprint density at radius 2 is 1.64 bits per heavy atom. The fourth-order valence-corrected chi connectivity index (χ4v) is 4.36. The highest BCUT2D eigenvalue weighted by Gasteiger charge is 2.30. The van der Waals surface area contributed by atoms with Crippen LogP contribution in [0.15, 0.2) is 66.7 Å². The monoisotopic (exact) mass is 519 g/mol. The molecule has 0 bridgehead atoms. The first-order valence-electron chi connectivity index (χ1n) is 11.2. The van der Waals surface area contributed by atoms with Gasteiger partial charge in [0.05, 0.1) is 18.7 Å². The van der Waals surface area contributed by atoms with Crippen LogP contribution in [-0.2, 0) is 28.8 Å². The summed E-state index contributed by atoms with van der Waals surface area (Å²) in [6.07, 6.45) is -4.47. The van der Waals surface area contributed by atoms with E-state index in [-0.39, 0.29) is 31.3 Å². The Hall–Kier alpha value is -3.37. The molecule has 1 aromatic heterocycles. The van der Waals surface area contributed by atoms with Gasteiger partial charge in [0, 0.05) is 35.6 Å². The number of aryl methyl sites for hydroxylation is 1. The molecule has 6 nitrogen and oxygen atoms in total. The van der Waals surface area contributed by atoms with Crippen LogP contribution >= 0.6 is 11.3 Å². The van der Waals surface area contributed by atoms with Gasteiger partial charge in [-0.15, -0.1) is 11.3 Å². The third-order valence-electron chi connectivity index (χ3n) is 5.35. The van der Waals surface area contributed by atoms with Crippen LogP contribution < -0.4 is 5.32 Å². The first kappa shape index (κ1) is 27.2. The van der Waals surface area contributed by atoms with Crippen LogP contribution in [0.4, 0.5) is 23.7 Å². The second-order valence-electron chi connectivity index (χ2n) is 8.17. The van der Waals surface area contributed by atoms with E-state index in [0.717, 1.165) is 27.5 Å². The number of hydrogen-bond donors (Lipinski definition) is 1. The van der Waals surface area contributed by atoms with Gasteiger partial charge in [0.2, 0.25) is 5.91 Å². The van der Waals surface area contributed by atoms with Crippen molar-refractivity contribution in [2.45, 2.75) is 26.2 Å². The highest BCUT2D eigenvalue weighted by Crippen LogP contribution is 2.29. The molecule has 0 aliphatic heterocycles. The van der Waals surface area contributed by atoms with Crippen LogP contribution in [0.3, 0.4) is 0 Å². The summed E-state index contributed by atoms with van der Waals surface area (Å²) in [5.41, 5.74) is 0.335. The molecule has 10 heteroatoms.